The molecule has 1 aliphatic carbocycles. The predicted octanol–water partition coefficient (Wildman–Crippen LogP) is 9.77. The van der Waals surface area contributed by atoms with Gasteiger partial charge in [0.15, 0.2) is 0 Å². The molecule has 2 atom stereocenters. The van der Waals surface area contributed by atoms with Gasteiger partial charge < -0.3 is 9.88 Å². The fourth-order valence-corrected chi connectivity index (χ4v) is 8.05. The number of rotatable bonds is 4. The molecular weight excluding hydrogens is 573 g/mol. The number of para-hydroxylation sites is 1. The molecule has 0 spiro atoms. The van der Waals surface area contributed by atoms with Crippen LogP contribution in [-0.2, 0) is 5.41 Å². The largest absolute Gasteiger partial charge is 0.350 e. The summed E-state index contributed by atoms with van der Waals surface area (Å²) in [6.45, 7) is 4.76. The smallest absolute Gasteiger partial charge is 0.132 e. The van der Waals surface area contributed by atoms with Gasteiger partial charge in [0.25, 0.3) is 0 Å². The standard InChI is InChI=1S/C43H36N4/c1-43(2)36-23-12-10-21-32(36)34-25-26-35-33-22-11-13-24-37(33)47(39(35)38(34)43)31-20-14-19-30(27-31)42-45-40(28-15-6-4-7-16-28)44-41(46(42)3)29-17-8-5-9-18-29/h4-27,41-42H,1-3H3,(H,44,45). The van der Waals surface area contributed by atoms with E-state index in [4.69, 9.17) is 4.99 Å². The van der Waals surface area contributed by atoms with Crippen molar-refractivity contribution in [3.8, 4) is 16.8 Å². The Kier molecular flexibility index (Phi) is 6.24. The van der Waals surface area contributed by atoms with Crippen LogP contribution in [0.25, 0.3) is 38.6 Å². The molecule has 0 saturated carbocycles. The number of nitrogens with one attached hydrogen (secondary N) is 1. The third kappa shape index (κ3) is 4.22. The van der Waals surface area contributed by atoms with Crippen LogP contribution < -0.4 is 5.32 Å². The van der Waals surface area contributed by atoms with Crippen molar-refractivity contribution in [2.24, 2.45) is 4.99 Å². The lowest BCUT2D eigenvalue weighted by Crippen LogP contribution is -2.45. The van der Waals surface area contributed by atoms with E-state index in [1.165, 1.54) is 49.6 Å². The van der Waals surface area contributed by atoms with Gasteiger partial charge in [-0.1, -0.05) is 141 Å². The van der Waals surface area contributed by atoms with Crippen LogP contribution in [0.5, 0.6) is 0 Å². The number of hydrogen-bond acceptors (Lipinski definition) is 3. The number of fused-ring (bicyclic) bond motifs is 7. The van der Waals surface area contributed by atoms with Crippen LogP contribution in [0.15, 0.2) is 151 Å². The van der Waals surface area contributed by atoms with Crippen molar-refractivity contribution >= 4 is 27.6 Å². The molecule has 47 heavy (non-hydrogen) atoms. The molecule has 1 aromatic heterocycles. The van der Waals surface area contributed by atoms with E-state index in [1.54, 1.807) is 0 Å². The van der Waals surface area contributed by atoms with Crippen LogP contribution in [0.3, 0.4) is 0 Å². The Balaban J connectivity index is 1.26. The summed E-state index contributed by atoms with van der Waals surface area (Å²) in [4.78, 5) is 7.69. The lowest BCUT2D eigenvalue weighted by atomic mass is 9.81. The molecule has 7 aromatic rings. The van der Waals surface area contributed by atoms with Crippen LogP contribution in [-0.4, -0.2) is 22.4 Å². The number of hydrogen-bond donors (Lipinski definition) is 1. The quantitative estimate of drug-likeness (QED) is 0.216. The monoisotopic (exact) mass is 608 g/mol. The highest BCUT2D eigenvalue weighted by Crippen LogP contribution is 2.53. The highest BCUT2D eigenvalue weighted by atomic mass is 15.4. The zero-order chi connectivity index (χ0) is 31.7. The van der Waals surface area contributed by atoms with Gasteiger partial charge in [0.2, 0.25) is 0 Å². The molecule has 1 N–H and O–H groups in total. The molecule has 9 rings (SSSR count). The molecule has 0 bridgehead atoms. The summed E-state index contributed by atoms with van der Waals surface area (Å²) in [5, 5.41) is 6.31. The van der Waals surface area contributed by atoms with Crippen LogP contribution in [0.1, 0.15) is 54.0 Å². The first-order valence-corrected chi connectivity index (χ1v) is 16.4. The summed E-state index contributed by atoms with van der Waals surface area (Å²) in [5.41, 5.74) is 12.4. The van der Waals surface area contributed by atoms with Crippen LogP contribution in [0.4, 0.5) is 0 Å². The summed E-state index contributed by atoms with van der Waals surface area (Å²) in [7, 11) is 2.17. The second kappa shape index (κ2) is 10.5. The second-order valence-electron chi connectivity index (χ2n) is 13.3. The van der Waals surface area contributed by atoms with E-state index in [1.807, 2.05) is 0 Å². The number of benzene rings is 6. The maximum absolute atomic E-state index is 5.36. The normalized spacial score (nSPS) is 18.5. The highest BCUT2D eigenvalue weighted by Gasteiger charge is 2.38. The molecule has 228 valence electrons. The molecular formula is C43H36N4. The molecule has 2 unspecified atom stereocenters. The van der Waals surface area contributed by atoms with Gasteiger partial charge >= 0.3 is 0 Å². The van der Waals surface area contributed by atoms with E-state index >= 15 is 0 Å². The first-order valence-electron chi connectivity index (χ1n) is 16.4. The summed E-state index contributed by atoms with van der Waals surface area (Å²) in [6, 6.07) is 52.6. The molecule has 4 heteroatoms. The van der Waals surface area contributed by atoms with E-state index in [0.29, 0.717) is 0 Å². The summed E-state index contributed by atoms with van der Waals surface area (Å²) in [5.74, 6) is 0.905. The Morgan fingerprint density at radius 1 is 0.638 bits per heavy atom. The second-order valence-corrected chi connectivity index (χ2v) is 13.3. The van der Waals surface area contributed by atoms with Crippen LogP contribution in [0, 0.1) is 0 Å². The third-order valence-electron chi connectivity index (χ3n) is 10.3. The molecule has 0 radical (unpaired) electrons. The zero-order valence-electron chi connectivity index (χ0n) is 26.9. The van der Waals surface area contributed by atoms with Gasteiger partial charge in [-0.2, -0.15) is 0 Å². The highest BCUT2D eigenvalue weighted by molar-refractivity contribution is 6.13. The Hall–Kier alpha value is -5.45. The third-order valence-corrected chi connectivity index (χ3v) is 10.3. The van der Waals surface area contributed by atoms with Crippen molar-refractivity contribution in [3.05, 3.63) is 173 Å². The topological polar surface area (TPSA) is 32.6 Å². The summed E-state index contributed by atoms with van der Waals surface area (Å²) in [6.07, 6.45) is -0.218. The van der Waals surface area contributed by atoms with E-state index < -0.39 is 0 Å². The average molecular weight is 609 g/mol. The maximum Gasteiger partial charge on any atom is 0.132 e. The van der Waals surface area contributed by atoms with Gasteiger partial charge in [-0.3, -0.25) is 4.90 Å². The van der Waals surface area contributed by atoms with Gasteiger partial charge in [0.1, 0.15) is 18.2 Å². The van der Waals surface area contributed by atoms with Crippen molar-refractivity contribution < 1.29 is 0 Å². The number of nitrogens with zero attached hydrogens (tertiary/aromatic N) is 3. The minimum atomic E-state index is -0.184. The fraction of sp³-hybridized carbons (Fsp3) is 0.140. The minimum Gasteiger partial charge on any atom is -0.350 e. The Morgan fingerprint density at radius 3 is 2.17 bits per heavy atom. The molecule has 1 aliphatic heterocycles. The van der Waals surface area contributed by atoms with E-state index in [-0.39, 0.29) is 17.7 Å². The van der Waals surface area contributed by atoms with Gasteiger partial charge in [0, 0.05) is 27.4 Å². The van der Waals surface area contributed by atoms with Crippen molar-refractivity contribution in [2.75, 3.05) is 7.05 Å². The average Bonchev–Trinajstić information content (AvgIpc) is 3.58. The van der Waals surface area contributed by atoms with E-state index in [9.17, 15) is 0 Å². The Labute approximate surface area is 275 Å². The minimum absolute atomic E-state index is 0.0339. The van der Waals surface area contributed by atoms with Crippen molar-refractivity contribution in [3.63, 3.8) is 0 Å². The van der Waals surface area contributed by atoms with Crippen molar-refractivity contribution in [1.29, 1.82) is 0 Å². The molecule has 0 amide bonds. The first kappa shape index (κ1) is 27.8. The molecule has 4 nitrogen and oxygen atoms in total. The Morgan fingerprint density at radius 2 is 1.34 bits per heavy atom. The van der Waals surface area contributed by atoms with Crippen LogP contribution in [0.2, 0.25) is 0 Å². The lowest BCUT2D eigenvalue weighted by Gasteiger charge is -2.39. The summed E-state index contributed by atoms with van der Waals surface area (Å²) < 4.78 is 2.50. The molecule has 0 fully saturated rings. The SMILES string of the molecule is CN1C(c2cccc(-n3c4ccccc4c4ccc5c(c43)C(C)(C)c3ccccc3-5)c2)N=C(c2ccccc2)NC1c1ccccc1. The Bertz CT molecular complexity index is 2330. The molecule has 0 saturated heterocycles. The first-order chi connectivity index (χ1) is 23.0. The van der Waals surface area contributed by atoms with E-state index in [0.717, 1.165) is 22.6 Å². The fourth-order valence-electron chi connectivity index (χ4n) is 8.05. The number of aliphatic imine (C=N–C) groups is 1. The molecule has 6 aromatic carbocycles. The van der Waals surface area contributed by atoms with Gasteiger partial charge in [-0.15, -0.1) is 0 Å². The van der Waals surface area contributed by atoms with Gasteiger partial charge in [0.05, 0.1) is 11.0 Å². The zero-order valence-corrected chi connectivity index (χ0v) is 26.9. The molecule has 2 heterocycles. The van der Waals surface area contributed by atoms with Crippen LogP contribution >= 0.6 is 0 Å². The van der Waals surface area contributed by atoms with Crippen molar-refractivity contribution in [2.45, 2.75) is 31.6 Å². The number of aromatic nitrogens is 1. The number of amidine groups is 1. The predicted molar refractivity (Wildman–Crippen MR) is 194 cm³/mol. The molecule has 2 aliphatic rings. The van der Waals surface area contributed by atoms with E-state index in [2.05, 4.69) is 181 Å². The maximum atomic E-state index is 5.36. The van der Waals surface area contributed by atoms with Gasteiger partial charge in [-0.05, 0) is 58.6 Å². The van der Waals surface area contributed by atoms with Gasteiger partial charge in [-0.25, -0.2) is 4.99 Å². The summed E-state index contributed by atoms with van der Waals surface area (Å²) >= 11 is 0. The van der Waals surface area contributed by atoms with Crippen molar-refractivity contribution in [1.82, 2.24) is 14.8 Å². The lowest BCUT2D eigenvalue weighted by molar-refractivity contribution is 0.152.